The number of halogens is 1. The van der Waals surface area contributed by atoms with E-state index in [2.05, 4.69) is 39.0 Å². The summed E-state index contributed by atoms with van der Waals surface area (Å²) >= 11 is 3.59. The van der Waals surface area contributed by atoms with Gasteiger partial charge in [0, 0.05) is 16.4 Å². The molecular formula is C14H18BrNO2. The van der Waals surface area contributed by atoms with Gasteiger partial charge in [-0.2, -0.15) is 0 Å². The van der Waals surface area contributed by atoms with Crippen LogP contribution in [0.2, 0.25) is 0 Å². The number of rotatable bonds is 5. The van der Waals surface area contributed by atoms with Gasteiger partial charge in [-0.3, -0.25) is 4.79 Å². The predicted octanol–water partition coefficient (Wildman–Crippen LogP) is 3.02. The number of carboxylic acids is 1. The first-order valence-corrected chi connectivity index (χ1v) is 6.88. The molecule has 1 fully saturated rings. The second-order valence-electron chi connectivity index (χ2n) is 5.39. The van der Waals surface area contributed by atoms with Gasteiger partial charge in [-0.15, -0.1) is 0 Å². The number of aliphatic carboxylic acids is 1. The standard InChI is InChI=1S/C14H18BrNO2/c1-16(2)9-10-3-4-11(7-12(10)15)14(5-6-14)8-13(17)18/h3-4,7H,5-6,8-9H2,1-2H3,(H,17,18). The van der Waals surface area contributed by atoms with Crippen molar-refractivity contribution in [1.29, 1.82) is 0 Å². The van der Waals surface area contributed by atoms with Gasteiger partial charge in [0.05, 0.1) is 6.42 Å². The van der Waals surface area contributed by atoms with Crippen LogP contribution in [0.1, 0.15) is 30.4 Å². The van der Waals surface area contributed by atoms with E-state index in [0.717, 1.165) is 29.4 Å². The molecule has 0 saturated heterocycles. The molecule has 0 atom stereocenters. The quantitative estimate of drug-likeness (QED) is 0.908. The van der Waals surface area contributed by atoms with Crippen molar-refractivity contribution in [3.05, 3.63) is 33.8 Å². The van der Waals surface area contributed by atoms with Crippen LogP contribution in [0.5, 0.6) is 0 Å². The Bertz CT molecular complexity index is 467. The molecule has 1 aliphatic rings. The largest absolute Gasteiger partial charge is 0.481 e. The summed E-state index contributed by atoms with van der Waals surface area (Å²) in [5, 5.41) is 8.97. The fourth-order valence-corrected chi connectivity index (χ4v) is 2.86. The minimum absolute atomic E-state index is 0.106. The number of hydrogen-bond donors (Lipinski definition) is 1. The van der Waals surface area contributed by atoms with Gasteiger partial charge in [0.25, 0.3) is 0 Å². The third-order valence-electron chi connectivity index (χ3n) is 3.50. The van der Waals surface area contributed by atoms with Crippen LogP contribution in [0.15, 0.2) is 22.7 Å². The first-order chi connectivity index (χ1) is 8.43. The second-order valence-corrected chi connectivity index (χ2v) is 6.25. The van der Waals surface area contributed by atoms with Crippen molar-refractivity contribution in [3.63, 3.8) is 0 Å². The molecule has 1 saturated carbocycles. The number of nitrogens with zero attached hydrogens (tertiary/aromatic N) is 1. The summed E-state index contributed by atoms with van der Waals surface area (Å²) in [6, 6.07) is 6.27. The molecule has 0 bridgehead atoms. The molecule has 4 heteroatoms. The molecule has 0 radical (unpaired) electrons. The number of carbonyl (C=O) groups is 1. The lowest BCUT2D eigenvalue weighted by Crippen LogP contribution is -2.14. The Morgan fingerprint density at radius 3 is 2.56 bits per heavy atom. The normalized spacial score (nSPS) is 16.9. The van der Waals surface area contributed by atoms with E-state index in [0.29, 0.717) is 0 Å². The van der Waals surface area contributed by atoms with Crippen LogP contribution in [0.4, 0.5) is 0 Å². The molecule has 0 unspecified atom stereocenters. The lowest BCUT2D eigenvalue weighted by Gasteiger charge is -2.16. The molecule has 0 amide bonds. The summed E-state index contributed by atoms with van der Waals surface area (Å²) < 4.78 is 1.07. The summed E-state index contributed by atoms with van der Waals surface area (Å²) in [6.45, 7) is 0.882. The van der Waals surface area contributed by atoms with Gasteiger partial charge in [-0.25, -0.2) is 0 Å². The van der Waals surface area contributed by atoms with Crippen LogP contribution >= 0.6 is 15.9 Å². The van der Waals surface area contributed by atoms with Gasteiger partial charge in [-0.1, -0.05) is 28.1 Å². The molecule has 18 heavy (non-hydrogen) atoms. The smallest absolute Gasteiger partial charge is 0.304 e. The van der Waals surface area contributed by atoms with Gasteiger partial charge >= 0.3 is 5.97 Å². The van der Waals surface area contributed by atoms with E-state index in [-0.39, 0.29) is 11.8 Å². The number of hydrogen-bond acceptors (Lipinski definition) is 2. The zero-order valence-corrected chi connectivity index (χ0v) is 12.3. The van der Waals surface area contributed by atoms with E-state index in [1.165, 1.54) is 5.56 Å². The maximum absolute atomic E-state index is 10.9. The molecule has 0 aliphatic heterocycles. The zero-order chi connectivity index (χ0) is 13.3. The average molecular weight is 312 g/mol. The Morgan fingerprint density at radius 1 is 1.44 bits per heavy atom. The molecule has 0 aromatic heterocycles. The SMILES string of the molecule is CN(C)Cc1ccc(C2(CC(=O)O)CC2)cc1Br. The summed E-state index contributed by atoms with van der Waals surface area (Å²) in [5.74, 6) is -0.707. The van der Waals surface area contributed by atoms with Crippen LogP contribution in [0.3, 0.4) is 0 Å². The average Bonchev–Trinajstić information content (AvgIpc) is 3.00. The molecule has 1 aliphatic carbocycles. The van der Waals surface area contributed by atoms with Crippen molar-refractivity contribution in [2.24, 2.45) is 0 Å². The Hall–Kier alpha value is -0.870. The third-order valence-corrected chi connectivity index (χ3v) is 4.23. The number of benzene rings is 1. The van der Waals surface area contributed by atoms with Crippen molar-refractivity contribution < 1.29 is 9.90 Å². The van der Waals surface area contributed by atoms with Gasteiger partial charge in [0.1, 0.15) is 0 Å². The second kappa shape index (κ2) is 5.02. The highest BCUT2D eigenvalue weighted by Crippen LogP contribution is 2.51. The lowest BCUT2D eigenvalue weighted by atomic mass is 9.92. The maximum atomic E-state index is 10.9. The highest BCUT2D eigenvalue weighted by Gasteiger charge is 2.46. The summed E-state index contributed by atoms with van der Waals surface area (Å²) in [5.41, 5.74) is 2.28. The van der Waals surface area contributed by atoms with E-state index in [1.54, 1.807) is 0 Å². The van der Waals surface area contributed by atoms with E-state index in [4.69, 9.17) is 5.11 Å². The zero-order valence-electron chi connectivity index (χ0n) is 10.7. The number of carboxylic acid groups (broad SMARTS) is 1. The van der Waals surface area contributed by atoms with Crippen LogP contribution in [-0.4, -0.2) is 30.1 Å². The van der Waals surface area contributed by atoms with Crippen LogP contribution in [0.25, 0.3) is 0 Å². The molecule has 0 spiro atoms. The van der Waals surface area contributed by atoms with Gasteiger partial charge in [0.15, 0.2) is 0 Å². The Kier molecular flexibility index (Phi) is 3.78. The molecule has 3 nitrogen and oxygen atoms in total. The fourth-order valence-electron chi connectivity index (χ4n) is 2.35. The van der Waals surface area contributed by atoms with E-state index in [1.807, 2.05) is 14.1 Å². The van der Waals surface area contributed by atoms with Crippen molar-refractivity contribution in [2.75, 3.05) is 14.1 Å². The molecule has 0 heterocycles. The highest BCUT2D eigenvalue weighted by molar-refractivity contribution is 9.10. The van der Waals surface area contributed by atoms with Crippen molar-refractivity contribution >= 4 is 21.9 Å². The summed E-state index contributed by atoms with van der Waals surface area (Å²) in [4.78, 5) is 13.0. The molecule has 98 valence electrons. The summed E-state index contributed by atoms with van der Waals surface area (Å²) in [7, 11) is 4.07. The third kappa shape index (κ3) is 2.93. The predicted molar refractivity (Wildman–Crippen MR) is 74.7 cm³/mol. The van der Waals surface area contributed by atoms with E-state index in [9.17, 15) is 4.79 Å². The first-order valence-electron chi connectivity index (χ1n) is 6.08. The van der Waals surface area contributed by atoms with E-state index < -0.39 is 5.97 Å². The topological polar surface area (TPSA) is 40.5 Å². The van der Waals surface area contributed by atoms with Gasteiger partial charge in [-0.05, 0) is 44.1 Å². The van der Waals surface area contributed by atoms with Crippen molar-refractivity contribution in [1.82, 2.24) is 4.90 Å². The van der Waals surface area contributed by atoms with Crippen LogP contribution < -0.4 is 0 Å². The van der Waals surface area contributed by atoms with Gasteiger partial charge in [0.2, 0.25) is 0 Å². The molecule has 2 rings (SSSR count). The molecule has 1 N–H and O–H groups in total. The maximum Gasteiger partial charge on any atom is 0.304 e. The van der Waals surface area contributed by atoms with Gasteiger partial charge < -0.3 is 10.0 Å². The Labute approximate surface area is 116 Å². The lowest BCUT2D eigenvalue weighted by molar-refractivity contribution is -0.137. The molecular weight excluding hydrogens is 294 g/mol. The minimum Gasteiger partial charge on any atom is -0.481 e. The molecule has 1 aromatic carbocycles. The Balaban J connectivity index is 2.21. The van der Waals surface area contributed by atoms with Crippen LogP contribution in [0, 0.1) is 0 Å². The monoisotopic (exact) mass is 311 g/mol. The van der Waals surface area contributed by atoms with Crippen LogP contribution in [-0.2, 0) is 16.8 Å². The minimum atomic E-state index is -0.707. The van der Waals surface area contributed by atoms with E-state index >= 15 is 0 Å². The summed E-state index contributed by atoms with van der Waals surface area (Å²) in [6.07, 6.45) is 2.21. The first kappa shape index (κ1) is 13.6. The Morgan fingerprint density at radius 2 is 2.11 bits per heavy atom. The molecule has 1 aromatic rings. The van der Waals surface area contributed by atoms with Crippen molar-refractivity contribution in [3.8, 4) is 0 Å². The van der Waals surface area contributed by atoms with Crippen molar-refractivity contribution in [2.45, 2.75) is 31.2 Å². The highest BCUT2D eigenvalue weighted by atomic mass is 79.9. The fraction of sp³-hybridized carbons (Fsp3) is 0.500.